The molecule has 2 heteroatoms. The van der Waals surface area contributed by atoms with Crippen molar-refractivity contribution in [2.45, 2.75) is 111 Å². The average molecular weight is 403 g/mol. The van der Waals surface area contributed by atoms with E-state index in [1.165, 1.54) is 50.5 Å². The molecule has 0 aromatic carbocycles. The fourth-order valence-corrected chi connectivity index (χ4v) is 8.78. The summed E-state index contributed by atoms with van der Waals surface area (Å²) in [4.78, 5) is 0. The van der Waals surface area contributed by atoms with Crippen molar-refractivity contribution in [1.82, 2.24) is 0 Å². The minimum absolute atomic E-state index is 0.115. The lowest BCUT2D eigenvalue weighted by molar-refractivity contribution is -0.0874. The third-order valence-corrected chi connectivity index (χ3v) is 10.3. The first kappa shape index (κ1) is 21.9. The summed E-state index contributed by atoms with van der Waals surface area (Å²) in [5.74, 6) is 4.70. The topological polar surface area (TPSA) is 40.5 Å². The summed E-state index contributed by atoms with van der Waals surface area (Å²) in [6.45, 7) is 12.3. The molecule has 0 spiro atoms. The monoisotopic (exact) mass is 402 g/mol. The summed E-state index contributed by atoms with van der Waals surface area (Å²) in [5.41, 5.74) is 1.77. The Kier molecular flexibility index (Phi) is 6.01. The van der Waals surface area contributed by atoms with E-state index in [1.54, 1.807) is 0 Å². The molecule has 4 aliphatic rings. The van der Waals surface area contributed by atoms with Gasteiger partial charge >= 0.3 is 0 Å². The summed E-state index contributed by atoms with van der Waals surface area (Å²) in [6.07, 6.45) is 13.8. The highest BCUT2D eigenvalue weighted by molar-refractivity contribution is 5.29. The van der Waals surface area contributed by atoms with Crippen molar-refractivity contribution in [2.75, 3.05) is 0 Å². The van der Waals surface area contributed by atoms with E-state index in [-0.39, 0.29) is 17.6 Å². The summed E-state index contributed by atoms with van der Waals surface area (Å²) < 4.78 is 0. The molecule has 0 aromatic rings. The van der Waals surface area contributed by atoms with Gasteiger partial charge in [0, 0.05) is 0 Å². The highest BCUT2D eigenvalue weighted by Crippen LogP contribution is 2.67. The average Bonchev–Trinajstić information content (AvgIpc) is 3.00. The molecule has 29 heavy (non-hydrogen) atoms. The molecule has 0 bridgehead atoms. The summed E-state index contributed by atoms with van der Waals surface area (Å²) in [6, 6.07) is 0. The number of fused-ring (bicyclic) bond motifs is 5. The highest BCUT2D eigenvalue weighted by Gasteiger charge is 2.60. The number of aliphatic hydroxyl groups excluding tert-OH is 2. The third kappa shape index (κ3) is 3.65. The van der Waals surface area contributed by atoms with Crippen molar-refractivity contribution in [1.29, 1.82) is 0 Å². The molecular weight excluding hydrogens is 356 g/mol. The lowest BCUT2D eigenvalue weighted by atomic mass is 9.46. The Bertz CT molecular complexity index is 624. The molecule has 4 aliphatic carbocycles. The van der Waals surface area contributed by atoms with Crippen LogP contribution in [0.15, 0.2) is 11.6 Å². The minimum Gasteiger partial charge on any atom is -0.389 e. The minimum atomic E-state index is -0.347. The maximum Gasteiger partial charge on any atom is 0.0759 e. The molecular formula is C27H46O2. The van der Waals surface area contributed by atoms with Gasteiger partial charge in [0.25, 0.3) is 0 Å². The molecule has 0 unspecified atom stereocenters. The molecule has 0 amide bonds. The van der Waals surface area contributed by atoms with Crippen LogP contribution in [0, 0.1) is 46.3 Å². The SMILES string of the molecule is CC(C)CCC[C@@H](C)[C@@H]1CC[C@@H]2[C@H]3C[C@H](O)C4=C[C@@H](O)CC[C@]4(C)[C@@H]3CC[C@@]21C. The first-order valence-corrected chi connectivity index (χ1v) is 12.7. The second-order valence-electron chi connectivity index (χ2n) is 12.3. The van der Waals surface area contributed by atoms with Crippen molar-refractivity contribution >= 4 is 0 Å². The highest BCUT2D eigenvalue weighted by atomic mass is 16.3. The molecule has 4 rings (SSSR count). The zero-order valence-electron chi connectivity index (χ0n) is 19.7. The van der Waals surface area contributed by atoms with Gasteiger partial charge < -0.3 is 10.2 Å². The van der Waals surface area contributed by atoms with Crippen LogP contribution < -0.4 is 0 Å². The first-order chi connectivity index (χ1) is 13.7. The second kappa shape index (κ2) is 7.97. The zero-order valence-corrected chi connectivity index (χ0v) is 19.7. The van der Waals surface area contributed by atoms with Gasteiger partial charge in [0.2, 0.25) is 0 Å². The second-order valence-corrected chi connectivity index (χ2v) is 12.3. The molecule has 0 heterocycles. The number of aliphatic hydroxyl groups is 2. The van der Waals surface area contributed by atoms with Crippen molar-refractivity contribution in [2.24, 2.45) is 46.3 Å². The van der Waals surface area contributed by atoms with Gasteiger partial charge in [-0.3, -0.25) is 0 Å². The van der Waals surface area contributed by atoms with Gasteiger partial charge in [-0.2, -0.15) is 0 Å². The quantitative estimate of drug-likeness (QED) is 0.525. The van der Waals surface area contributed by atoms with E-state index < -0.39 is 0 Å². The zero-order chi connectivity index (χ0) is 21.0. The summed E-state index contributed by atoms with van der Waals surface area (Å²) in [5, 5.41) is 21.3. The fraction of sp³-hybridized carbons (Fsp3) is 0.926. The predicted octanol–water partition coefficient (Wildman–Crippen LogP) is 6.36. The van der Waals surface area contributed by atoms with E-state index in [4.69, 9.17) is 0 Å². The Labute approximate surface area is 179 Å². The molecule has 3 saturated carbocycles. The van der Waals surface area contributed by atoms with E-state index >= 15 is 0 Å². The van der Waals surface area contributed by atoms with Gasteiger partial charge in [-0.25, -0.2) is 0 Å². The first-order valence-electron chi connectivity index (χ1n) is 12.7. The van der Waals surface area contributed by atoms with Crippen molar-refractivity contribution < 1.29 is 10.2 Å². The van der Waals surface area contributed by atoms with E-state index in [9.17, 15) is 10.2 Å². The van der Waals surface area contributed by atoms with Crippen LogP contribution in [-0.2, 0) is 0 Å². The van der Waals surface area contributed by atoms with Crippen LogP contribution in [0.3, 0.4) is 0 Å². The number of hydrogen-bond donors (Lipinski definition) is 2. The van der Waals surface area contributed by atoms with Crippen LogP contribution in [0.4, 0.5) is 0 Å². The van der Waals surface area contributed by atoms with Gasteiger partial charge in [-0.15, -0.1) is 0 Å². The van der Waals surface area contributed by atoms with Crippen molar-refractivity contribution in [3.63, 3.8) is 0 Å². The Balaban J connectivity index is 1.52. The van der Waals surface area contributed by atoms with Gasteiger partial charge in [-0.1, -0.05) is 60.0 Å². The lowest BCUT2D eigenvalue weighted by Crippen LogP contribution is -2.54. The van der Waals surface area contributed by atoms with E-state index in [2.05, 4.69) is 34.6 Å². The Morgan fingerprint density at radius 1 is 0.966 bits per heavy atom. The maximum atomic E-state index is 11.1. The van der Waals surface area contributed by atoms with Crippen molar-refractivity contribution in [3.05, 3.63) is 11.6 Å². The van der Waals surface area contributed by atoms with Crippen LogP contribution in [0.5, 0.6) is 0 Å². The van der Waals surface area contributed by atoms with E-state index in [1.807, 2.05) is 6.08 Å². The largest absolute Gasteiger partial charge is 0.389 e. The molecule has 0 saturated heterocycles. The van der Waals surface area contributed by atoms with Gasteiger partial charge in [0.15, 0.2) is 0 Å². The summed E-state index contributed by atoms with van der Waals surface area (Å²) in [7, 11) is 0. The summed E-state index contributed by atoms with van der Waals surface area (Å²) >= 11 is 0. The van der Waals surface area contributed by atoms with Crippen LogP contribution in [0.25, 0.3) is 0 Å². The molecule has 0 aromatic heterocycles. The van der Waals surface area contributed by atoms with Gasteiger partial charge in [0.1, 0.15) is 0 Å². The van der Waals surface area contributed by atoms with E-state index in [0.29, 0.717) is 17.3 Å². The van der Waals surface area contributed by atoms with E-state index in [0.717, 1.165) is 42.9 Å². The molecule has 166 valence electrons. The fourth-order valence-electron chi connectivity index (χ4n) is 8.78. The smallest absolute Gasteiger partial charge is 0.0759 e. The normalized spacial score (nSPS) is 47.9. The lowest BCUT2D eigenvalue weighted by Gasteiger charge is -2.60. The molecule has 0 radical (unpaired) electrons. The van der Waals surface area contributed by atoms with Crippen LogP contribution in [0.2, 0.25) is 0 Å². The number of hydrogen-bond acceptors (Lipinski definition) is 2. The Morgan fingerprint density at radius 2 is 1.72 bits per heavy atom. The maximum absolute atomic E-state index is 11.1. The molecule has 3 fully saturated rings. The molecule has 2 N–H and O–H groups in total. The molecule has 0 aliphatic heterocycles. The molecule has 2 nitrogen and oxygen atoms in total. The standard InChI is InChI=1S/C27H46O2/c1-17(2)7-6-8-18(3)21-9-10-22-20-16-25(29)24-15-19(28)11-13-27(24,5)23(20)12-14-26(21,22)4/h15,17-23,25,28-29H,6-14,16H2,1-5H3/t18-,19+,20-,21+,22-,23-,25+,26-,27-/m1/s1. The van der Waals surface area contributed by atoms with Crippen LogP contribution in [0.1, 0.15) is 98.8 Å². The van der Waals surface area contributed by atoms with Crippen molar-refractivity contribution in [3.8, 4) is 0 Å². The van der Waals surface area contributed by atoms with Gasteiger partial charge in [-0.05, 0) is 96.9 Å². The Hall–Kier alpha value is -0.340. The van der Waals surface area contributed by atoms with Gasteiger partial charge in [0.05, 0.1) is 12.2 Å². The number of rotatable bonds is 5. The third-order valence-electron chi connectivity index (χ3n) is 10.3. The Morgan fingerprint density at radius 3 is 2.45 bits per heavy atom. The molecule has 9 atom stereocenters. The van der Waals surface area contributed by atoms with Crippen LogP contribution >= 0.6 is 0 Å². The van der Waals surface area contributed by atoms with Crippen LogP contribution in [-0.4, -0.2) is 22.4 Å². The predicted molar refractivity (Wildman–Crippen MR) is 120 cm³/mol.